The van der Waals surface area contributed by atoms with Crippen LogP contribution in [0, 0.1) is 5.92 Å². The molecule has 1 heterocycles. The summed E-state index contributed by atoms with van der Waals surface area (Å²) in [5, 5.41) is 3.32. The third kappa shape index (κ3) is 7.74. The maximum absolute atomic E-state index is 12.3. The van der Waals surface area contributed by atoms with Crippen molar-refractivity contribution in [3.63, 3.8) is 0 Å². The minimum absolute atomic E-state index is 0. The zero-order valence-electron chi connectivity index (χ0n) is 17.3. The van der Waals surface area contributed by atoms with Crippen LogP contribution in [-0.4, -0.2) is 61.7 Å². The van der Waals surface area contributed by atoms with E-state index in [1.807, 2.05) is 24.8 Å². The number of rotatable bonds is 7. The van der Waals surface area contributed by atoms with Crippen LogP contribution in [0.15, 0.2) is 40.2 Å². The number of nitrogens with one attached hydrogen (secondary N) is 1. The lowest BCUT2D eigenvalue weighted by Gasteiger charge is -2.22. The predicted octanol–water partition coefficient (Wildman–Crippen LogP) is 3.90. The van der Waals surface area contributed by atoms with E-state index in [1.54, 1.807) is 20.8 Å². The van der Waals surface area contributed by atoms with Crippen LogP contribution >= 0.6 is 35.7 Å². The molecule has 1 aliphatic heterocycles. The van der Waals surface area contributed by atoms with Crippen LogP contribution in [-0.2, 0) is 9.84 Å². The Kier molecular flexibility index (Phi) is 10.6. The second-order valence-corrected chi connectivity index (χ2v) is 11.8. The highest BCUT2D eigenvalue weighted by Crippen LogP contribution is 2.26. The van der Waals surface area contributed by atoms with Gasteiger partial charge in [0.25, 0.3) is 0 Å². The van der Waals surface area contributed by atoms with Gasteiger partial charge in [0.05, 0.1) is 17.0 Å². The van der Waals surface area contributed by atoms with Crippen molar-refractivity contribution < 1.29 is 8.42 Å². The third-order valence-corrected chi connectivity index (χ3v) is 8.53. The monoisotopic (exact) mass is 539 g/mol. The van der Waals surface area contributed by atoms with E-state index in [9.17, 15) is 8.42 Å². The van der Waals surface area contributed by atoms with Crippen molar-refractivity contribution in [3.8, 4) is 0 Å². The van der Waals surface area contributed by atoms with Crippen LogP contribution in [0.1, 0.15) is 34.1 Å². The second-order valence-electron chi connectivity index (χ2n) is 7.89. The van der Waals surface area contributed by atoms with Crippen molar-refractivity contribution in [2.24, 2.45) is 10.9 Å². The molecule has 0 aromatic heterocycles. The first kappa shape index (κ1) is 25.6. The summed E-state index contributed by atoms with van der Waals surface area (Å²) in [6.07, 6.45) is 1.14. The maximum atomic E-state index is 12.3. The molecule has 0 saturated carbocycles. The van der Waals surface area contributed by atoms with Crippen molar-refractivity contribution in [2.75, 3.05) is 37.7 Å². The zero-order valence-corrected chi connectivity index (χ0v) is 21.3. The minimum Gasteiger partial charge on any atom is -0.357 e. The van der Waals surface area contributed by atoms with Crippen LogP contribution in [0.25, 0.3) is 0 Å². The van der Waals surface area contributed by atoms with Crippen LogP contribution in [0.2, 0.25) is 0 Å². The fraction of sp³-hybridized carbons (Fsp3) is 0.650. The standard InChI is InChI=1S/C20H33N3O2S2.HI/c1-5-21-19(22-12-14-27(24,25)20(2,3)4)23-13-11-17(15-23)16-26-18-9-7-6-8-10-18;/h6-10,17H,5,11-16H2,1-4H3,(H,21,22);1H. The number of hydrogen-bond donors (Lipinski definition) is 1. The molecule has 28 heavy (non-hydrogen) atoms. The summed E-state index contributed by atoms with van der Waals surface area (Å²) in [5.74, 6) is 2.65. The quantitative estimate of drug-likeness (QED) is 0.247. The lowest BCUT2D eigenvalue weighted by Crippen LogP contribution is -2.40. The molecule has 1 unspecified atom stereocenters. The molecule has 0 aliphatic carbocycles. The Morgan fingerprint density at radius 2 is 1.96 bits per heavy atom. The van der Waals surface area contributed by atoms with Gasteiger partial charge in [0.1, 0.15) is 0 Å². The lowest BCUT2D eigenvalue weighted by atomic mass is 10.2. The van der Waals surface area contributed by atoms with Gasteiger partial charge < -0.3 is 10.2 Å². The number of guanidine groups is 1. The number of nitrogens with zero attached hydrogens (tertiary/aromatic N) is 2. The van der Waals surface area contributed by atoms with Crippen molar-refractivity contribution in [1.29, 1.82) is 0 Å². The Hall–Kier alpha value is -0.480. The van der Waals surface area contributed by atoms with Gasteiger partial charge in [-0.25, -0.2) is 8.42 Å². The van der Waals surface area contributed by atoms with Gasteiger partial charge in [0.2, 0.25) is 0 Å². The highest BCUT2D eigenvalue weighted by atomic mass is 127. The molecule has 8 heteroatoms. The van der Waals surface area contributed by atoms with Crippen LogP contribution < -0.4 is 5.32 Å². The van der Waals surface area contributed by atoms with Crippen molar-refractivity contribution in [1.82, 2.24) is 10.2 Å². The molecular formula is C20H34IN3O2S2. The van der Waals surface area contributed by atoms with Gasteiger partial charge >= 0.3 is 0 Å². The van der Waals surface area contributed by atoms with E-state index in [-0.39, 0.29) is 29.7 Å². The van der Waals surface area contributed by atoms with Crippen LogP contribution in [0.3, 0.4) is 0 Å². The molecule has 2 rings (SSSR count). The maximum Gasteiger partial charge on any atom is 0.193 e. The molecule has 0 radical (unpaired) electrons. The van der Waals surface area contributed by atoms with Gasteiger partial charge in [-0.2, -0.15) is 0 Å². The number of benzene rings is 1. The molecule has 1 aromatic rings. The number of thioether (sulfide) groups is 1. The summed E-state index contributed by atoms with van der Waals surface area (Å²) in [5.41, 5.74) is 0. The molecule has 1 saturated heterocycles. The lowest BCUT2D eigenvalue weighted by molar-refractivity contribution is 0.475. The molecule has 5 nitrogen and oxygen atoms in total. The molecular weight excluding hydrogens is 505 g/mol. The zero-order chi connectivity index (χ0) is 19.9. The Morgan fingerprint density at radius 3 is 2.57 bits per heavy atom. The molecule has 1 atom stereocenters. The van der Waals surface area contributed by atoms with Crippen LogP contribution in [0.4, 0.5) is 0 Å². The average molecular weight is 540 g/mol. The molecule has 160 valence electrons. The molecule has 0 bridgehead atoms. The van der Waals surface area contributed by atoms with E-state index in [4.69, 9.17) is 0 Å². The minimum atomic E-state index is -3.14. The Bertz CT molecular complexity index is 719. The van der Waals surface area contributed by atoms with Crippen molar-refractivity contribution in [2.45, 2.75) is 43.8 Å². The van der Waals surface area contributed by atoms with Crippen molar-refractivity contribution >= 4 is 51.5 Å². The highest BCUT2D eigenvalue weighted by Gasteiger charge is 2.29. The van der Waals surface area contributed by atoms with E-state index in [0.717, 1.165) is 37.8 Å². The first-order valence-corrected chi connectivity index (χ1v) is 12.3. The van der Waals surface area contributed by atoms with Gasteiger partial charge in [-0.1, -0.05) is 18.2 Å². The molecule has 1 aromatic carbocycles. The van der Waals surface area contributed by atoms with Crippen molar-refractivity contribution in [3.05, 3.63) is 30.3 Å². The normalized spacial score (nSPS) is 18.1. The number of halogens is 1. The number of sulfone groups is 1. The van der Waals surface area contributed by atoms with E-state index < -0.39 is 14.6 Å². The van der Waals surface area contributed by atoms with Gasteiger partial charge in [0, 0.05) is 30.3 Å². The topological polar surface area (TPSA) is 61.8 Å². The third-order valence-electron chi connectivity index (χ3n) is 4.70. The van der Waals surface area contributed by atoms with E-state index >= 15 is 0 Å². The van der Waals surface area contributed by atoms with Gasteiger partial charge in [-0.15, -0.1) is 35.7 Å². The molecule has 0 spiro atoms. The number of likely N-dealkylation sites (tertiary alicyclic amines) is 1. The molecule has 0 amide bonds. The first-order chi connectivity index (χ1) is 12.7. The summed E-state index contributed by atoms with van der Waals surface area (Å²) in [6.45, 7) is 10.3. The average Bonchev–Trinajstić information content (AvgIpc) is 3.08. The van der Waals surface area contributed by atoms with Gasteiger partial charge in [-0.3, -0.25) is 4.99 Å². The Labute approximate surface area is 192 Å². The Morgan fingerprint density at radius 1 is 1.29 bits per heavy atom. The highest BCUT2D eigenvalue weighted by molar-refractivity contribution is 14.0. The van der Waals surface area contributed by atoms with E-state index in [1.165, 1.54) is 4.90 Å². The van der Waals surface area contributed by atoms with Gasteiger partial charge in [0.15, 0.2) is 15.8 Å². The molecule has 1 N–H and O–H groups in total. The molecule has 1 fully saturated rings. The summed E-state index contributed by atoms with van der Waals surface area (Å²) in [6, 6.07) is 10.5. The number of hydrogen-bond acceptors (Lipinski definition) is 4. The van der Waals surface area contributed by atoms with Gasteiger partial charge in [-0.05, 0) is 52.2 Å². The summed E-state index contributed by atoms with van der Waals surface area (Å²) in [7, 11) is -3.14. The fourth-order valence-corrected chi connectivity index (χ4v) is 4.89. The largest absolute Gasteiger partial charge is 0.357 e. The summed E-state index contributed by atoms with van der Waals surface area (Å²) in [4.78, 5) is 8.17. The summed E-state index contributed by atoms with van der Waals surface area (Å²) >= 11 is 1.90. The predicted molar refractivity (Wildman–Crippen MR) is 132 cm³/mol. The fourth-order valence-electron chi connectivity index (χ4n) is 2.90. The second kappa shape index (κ2) is 11.6. The van der Waals surface area contributed by atoms with E-state index in [2.05, 4.69) is 39.5 Å². The van der Waals surface area contributed by atoms with E-state index in [0.29, 0.717) is 12.5 Å². The Balaban J connectivity index is 0.00000392. The smallest absolute Gasteiger partial charge is 0.193 e. The van der Waals surface area contributed by atoms with Crippen LogP contribution in [0.5, 0.6) is 0 Å². The summed E-state index contributed by atoms with van der Waals surface area (Å²) < 4.78 is 23.8. The SMILES string of the molecule is CCNC(=NCCS(=O)(=O)C(C)(C)C)N1CCC(CSc2ccccc2)C1.I. The molecule has 1 aliphatic rings. The number of aliphatic imine (C=N–C) groups is 1. The first-order valence-electron chi connectivity index (χ1n) is 9.66.